The van der Waals surface area contributed by atoms with E-state index in [1.807, 2.05) is 55.5 Å². The van der Waals surface area contributed by atoms with Gasteiger partial charge in [0.2, 0.25) is 0 Å². The van der Waals surface area contributed by atoms with Gasteiger partial charge in [-0.1, -0.05) is 67.6 Å². The first-order valence-corrected chi connectivity index (χ1v) is 15.1. The van der Waals surface area contributed by atoms with E-state index in [9.17, 15) is 15.0 Å². The molecule has 3 aromatic rings. The third kappa shape index (κ3) is 7.19. The van der Waals surface area contributed by atoms with E-state index in [0.717, 1.165) is 59.3 Å². The predicted molar refractivity (Wildman–Crippen MR) is 162 cm³/mol. The van der Waals surface area contributed by atoms with Gasteiger partial charge in [0.15, 0.2) is 6.29 Å². The van der Waals surface area contributed by atoms with Gasteiger partial charge in [-0.3, -0.25) is 4.90 Å². The highest BCUT2D eigenvalue weighted by Crippen LogP contribution is 2.42. The first-order valence-electron chi connectivity index (χ1n) is 15.1. The van der Waals surface area contributed by atoms with E-state index in [-0.39, 0.29) is 43.4 Å². The normalized spacial score (nSPS) is 24.4. The minimum absolute atomic E-state index is 0.00319. The zero-order valence-corrected chi connectivity index (χ0v) is 24.5. The molecule has 0 unspecified atom stereocenters. The van der Waals surface area contributed by atoms with Crippen molar-refractivity contribution in [1.82, 2.24) is 15.5 Å². The van der Waals surface area contributed by atoms with Gasteiger partial charge < -0.3 is 30.3 Å². The zero-order valence-electron chi connectivity index (χ0n) is 24.5. The lowest BCUT2D eigenvalue weighted by Gasteiger charge is -2.43. The van der Waals surface area contributed by atoms with Crippen LogP contribution in [0.1, 0.15) is 61.3 Å². The number of carbonyl (C=O) groups excluding carboxylic acids is 1. The van der Waals surface area contributed by atoms with Crippen molar-refractivity contribution in [2.45, 2.75) is 64.4 Å². The van der Waals surface area contributed by atoms with Gasteiger partial charge in [-0.15, -0.1) is 0 Å². The molecule has 2 heterocycles. The monoisotopic (exact) mass is 573 g/mol. The van der Waals surface area contributed by atoms with Gasteiger partial charge >= 0.3 is 6.03 Å². The van der Waals surface area contributed by atoms with E-state index in [2.05, 4.69) is 46.7 Å². The van der Waals surface area contributed by atoms with Gasteiger partial charge in [0, 0.05) is 37.2 Å². The second-order valence-corrected chi connectivity index (χ2v) is 11.3. The fourth-order valence-electron chi connectivity index (χ4n) is 6.03. The van der Waals surface area contributed by atoms with E-state index >= 15 is 0 Å². The Morgan fingerprint density at radius 3 is 2.43 bits per heavy atom. The predicted octanol–water partition coefficient (Wildman–Crippen LogP) is 4.91. The molecule has 4 N–H and O–H groups in total. The average molecular weight is 574 g/mol. The van der Waals surface area contributed by atoms with Crippen LogP contribution in [0.15, 0.2) is 72.8 Å². The smallest absolute Gasteiger partial charge is 0.315 e. The second-order valence-electron chi connectivity index (χ2n) is 11.3. The molecule has 0 aromatic heterocycles. The quantitative estimate of drug-likeness (QED) is 0.275. The van der Waals surface area contributed by atoms with E-state index < -0.39 is 6.29 Å². The molecule has 8 nitrogen and oxygen atoms in total. The Morgan fingerprint density at radius 1 is 0.929 bits per heavy atom. The number of ether oxygens (including phenoxy) is 2. The highest BCUT2D eigenvalue weighted by molar-refractivity contribution is 5.74. The summed E-state index contributed by atoms with van der Waals surface area (Å²) in [5.41, 5.74) is 5.96. The Morgan fingerprint density at radius 2 is 1.69 bits per heavy atom. The molecule has 0 saturated carbocycles. The lowest BCUT2D eigenvalue weighted by atomic mass is 9.89. The van der Waals surface area contributed by atoms with Crippen molar-refractivity contribution in [2.75, 3.05) is 26.2 Å². The Balaban J connectivity index is 1.39. The van der Waals surface area contributed by atoms with E-state index in [1.54, 1.807) is 0 Å². The number of likely N-dealkylation sites (tertiary alicyclic amines) is 1. The van der Waals surface area contributed by atoms with Crippen LogP contribution in [0.2, 0.25) is 0 Å². The lowest BCUT2D eigenvalue weighted by molar-refractivity contribution is -0.276. The van der Waals surface area contributed by atoms with Gasteiger partial charge in [-0.05, 0) is 66.3 Å². The largest absolute Gasteiger partial charge is 0.395 e. The molecule has 0 radical (unpaired) electrons. The van der Waals surface area contributed by atoms with Gasteiger partial charge in [0.05, 0.1) is 25.4 Å². The number of aliphatic hydroxyl groups is 2. The standard InChI is InChI=1S/C34H43N3O5/c1-3-35-34(40)36-19-25-7-4-8-27(17-25)28-9-5-10-29(18-28)33-41-31(20-37-16-6-11-30(37)22-39)23(2)32(42-33)26-14-12-24(21-38)13-15-26/h4-5,7-10,12-15,17-18,23,30-33,38-39H,3,6,11,16,19-22H2,1-2H3,(H2,35,36,40)/t23-,30+,31+,32+,33+/m1/s1. The molecular weight excluding hydrogens is 530 g/mol. The maximum atomic E-state index is 11.9. The zero-order chi connectivity index (χ0) is 29.5. The molecule has 2 saturated heterocycles. The summed E-state index contributed by atoms with van der Waals surface area (Å²) >= 11 is 0. The maximum Gasteiger partial charge on any atom is 0.315 e. The van der Waals surface area contributed by atoms with Crippen molar-refractivity contribution in [3.8, 4) is 11.1 Å². The summed E-state index contributed by atoms with van der Waals surface area (Å²) in [4.78, 5) is 14.2. The highest BCUT2D eigenvalue weighted by Gasteiger charge is 2.40. The number of nitrogens with one attached hydrogen (secondary N) is 2. The van der Waals surface area contributed by atoms with Crippen molar-refractivity contribution >= 4 is 6.03 Å². The number of carbonyl (C=O) groups is 1. The van der Waals surface area contributed by atoms with Crippen LogP contribution in [-0.2, 0) is 22.6 Å². The molecule has 42 heavy (non-hydrogen) atoms. The Hall–Kier alpha value is -3.27. The van der Waals surface area contributed by atoms with Crippen molar-refractivity contribution in [1.29, 1.82) is 0 Å². The molecule has 0 spiro atoms. The Bertz CT molecular complexity index is 1320. The van der Waals surface area contributed by atoms with Crippen molar-refractivity contribution in [3.05, 3.63) is 95.1 Å². The number of rotatable bonds is 10. The number of nitrogens with zero attached hydrogens (tertiary/aromatic N) is 1. The van der Waals surface area contributed by atoms with Crippen molar-refractivity contribution in [3.63, 3.8) is 0 Å². The minimum atomic E-state index is -0.563. The van der Waals surface area contributed by atoms with Gasteiger partial charge in [-0.25, -0.2) is 4.79 Å². The number of urea groups is 1. The number of benzene rings is 3. The summed E-state index contributed by atoms with van der Waals surface area (Å²) in [6.07, 6.45) is 1.24. The molecule has 2 fully saturated rings. The molecule has 8 heteroatoms. The van der Waals surface area contributed by atoms with Crippen molar-refractivity contribution < 1.29 is 24.5 Å². The van der Waals surface area contributed by atoms with Crippen LogP contribution in [0.4, 0.5) is 4.79 Å². The van der Waals surface area contributed by atoms with Crippen LogP contribution in [-0.4, -0.2) is 59.5 Å². The van der Waals surface area contributed by atoms with Gasteiger partial charge in [0.1, 0.15) is 0 Å². The first kappa shape index (κ1) is 30.2. The average Bonchev–Trinajstić information content (AvgIpc) is 3.48. The topological polar surface area (TPSA) is 103 Å². The van der Waals surface area contributed by atoms with Crippen LogP contribution in [0.5, 0.6) is 0 Å². The Labute approximate surface area is 248 Å². The molecule has 224 valence electrons. The summed E-state index contributed by atoms with van der Waals surface area (Å²) < 4.78 is 13.4. The van der Waals surface area contributed by atoms with Crippen LogP contribution >= 0.6 is 0 Å². The lowest BCUT2D eigenvalue weighted by Crippen LogP contribution is -2.46. The van der Waals surface area contributed by atoms with E-state index in [1.165, 1.54) is 0 Å². The summed E-state index contributed by atoms with van der Waals surface area (Å²) in [7, 11) is 0. The number of aliphatic hydroxyl groups excluding tert-OH is 2. The van der Waals surface area contributed by atoms with Crippen molar-refractivity contribution in [2.24, 2.45) is 5.92 Å². The van der Waals surface area contributed by atoms with Gasteiger partial charge in [-0.2, -0.15) is 0 Å². The van der Waals surface area contributed by atoms with E-state index in [0.29, 0.717) is 13.1 Å². The molecular formula is C34H43N3O5. The van der Waals surface area contributed by atoms with Crippen LogP contribution < -0.4 is 10.6 Å². The third-order valence-corrected chi connectivity index (χ3v) is 8.46. The van der Waals surface area contributed by atoms with Gasteiger partial charge in [0.25, 0.3) is 0 Å². The molecule has 0 bridgehead atoms. The van der Waals surface area contributed by atoms with E-state index in [4.69, 9.17) is 9.47 Å². The third-order valence-electron chi connectivity index (χ3n) is 8.46. The number of hydrogen-bond acceptors (Lipinski definition) is 6. The SMILES string of the molecule is CCNC(=O)NCc1cccc(-c2cccc([C@H]3O[C@@H](CN4CCC[C@H]4CO)[C@@H](C)[C@@H](c4ccc(CO)cc4)O3)c2)c1. The first-order chi connectivity index (χ1) is 20.5. The molecule has 2 aliphatic heterocycles. The maximum absolute atomic E-state index is 11.9. The summed E-state index contributed by atoms with van der Waals surface area (Å²) in [5, 5.41) is 25.1. The van der Waals surface area contributed by atoms with Crippen LogP contribution in [0, 0.1) is 5.92 Å². The molecule has 0 aliphatic carbocycles. The number of amides is 2. The molecule has 3 aromatic carbocycles. The molecule has 5 atom stereocenters. The summed E-state index contributed by atoms with van der Waals surface area (Å²) in [5.74, 6) is 0.0819. The minimum Gasteiger partial charge on any atom is -0.395 e. The fraction of sp³-hybridized carbons (Fsp3) is 0.441. The second kappa shape index (κ2) is 14.3. The fourth-order valence-corrected chi connectivity index (χ4v) is 6.03. The molecule has 5 rings (SSSR count). The van der Waals surface area contributed by atoms with Crippen LogP contribution in [0.3, 0.4) is 0 Å². The number of hydrogen-bond donors (Lipinski definition) is 4. The molecule has 2 aliphatic rings. The molecule has 2 amide bonds. The van der Waals surface area contributed by atoms with Crippen LogP contribution in [0.25, 0.3) is 11.1 Å². The summed E-state index contributed by atoms with van der Waals surface area (Å²) in [6.45, 7) is 6.94. The Kier molecular flexibility index (Phi) is 10.3. The highest BCUT2D eigenvalue weighted by atomic mass is 16.7. The summed E-state index contributed by atoms with van der Waals surface area (Å²) in [6, 6.07) is 24.4.